The molecule has 172 valence electrons. The van der Waals surface area contributed by atoms with Gasteiger partial charge in [0.15, 0.2) is 5.79 Å². The summed E-state index contributed by atoms with van der Waals surface area (Å²) >= 11 is 0. The van der Waals surface area contributed by atoms with Gasteiger partial charge in [-0.05, 0) is 31.3 Å². The third kappa shape index (κ3) is 10.6. The molecule has 1 rings (SSSR count). The van der Waals surface area contributed by atoms with Crippen molar-refractivity contribution < 1.29 is 23.6 Å². The van der Waals surface area contributed by atoms with Crippen molar-refractivity contribution in [3.8, 4) is 0 Å². The smallest absolute Gasteiger partial charge is 0.302 e. The predicted molar refractivity (Wildman–Crippen MR) is 116 cm³/mol. The van der Waals surface area contributed by atoms with E-state index in [1.54, 1.807) is 6.92 Å². The van der Waals surface area contributed by atoms with Crippen LogP contribution in [0.3, 0.4) is 0 Å². The lowest BCUT2D eigenvalue weighted by molar-refractivity contribution is -0.759. The molecule has 1 unspecified atom stereocenters. The molecule has 0 radical (unpaired) electrons. The zero-order valence-corrected chi connectivity index (χ0v) is 20.5. The topological polar surface area (TPSA) is 92.3 Å². The van der Waals surface area contributed by atoms with Gasteiger partial charge < -0.3 is 18.9 Å². The van der Waals surface area contributed by atoms with E-state index in [2.05, 4.69) is 35.6 Å². The highest BCUT2D eigenvalue weighted by atomic mass is 31.1. The Kier molecular flexibility index (Phi) is 15.3. The first-order chi connectivity index (χ1) is 13.8. The highest BCUT2D eigenvalue weighted by Crippen LogP contribution is 2.20. The first-order valence-corrected chi connectivity index (χ1v) is 12.3. The largest absolute Gasteiger partial charge is 0.801 e. The van der Waals surface area contributed by atoms with E-state index in [0.717, 1.165) is 19.4 Å². The van der Waals surface area contributed by atoms with Crippen molar-refractivity contribution in [1.29, 1.82) is 0 Å². The third-order valence-electron chi connectivity index (χ3n) is 4.83. The number of ether oxygens (including phenoxy) is 2. The molecule has 8 nitrogen and oxygen atoms in total. The maximum Gasteiger partial charge on any atom is 0.302 e. The molecule has 1 atom stereocenters. The normalized spacial score (nSPS) is 12.4. The molecule has 0 fully saturated rings. The third-order valence-corrected chi connectivity index (χ3v) is 5.77. The second-order valence-electron chi connectivity index (χ2n) is 7.27. The Morgan fingerprint density at radius 1 is 1.10 bits per heavy atom. The van der Waals surface area contributed by atoms with Crippen LogP contribution in [0.15, 0.2) is 0 Å². The van der Waals surface area contributed by atoms with Gasteiger partial charge in [0.2, 0.25) is 0 Å². The molecule has 1 aromatic rings. The van der Waals surface area contributed by atoms with Gasteiger partial charge in [-0.1, -0.05) is 40.0 Å². The predicted octanol–water partition coefficient (Wildman–Crippen LogP) is 2.66. The molecule has 1 aromatic heterocycles. The van der Waals surface area contributed by atoms with Crippen molar-refractivity contribution in [2.45, 2.75) is 91.4 Å². The zero-order valence-electron chi connectivity index (χ0n) is 19.5. The molecule has 9 heteroatoms. The zero-order chi connectivity index (χ0) is 22.3. The van der Waals surface area contributed by atoms with Gasteiger partial charge in [0.05, 0.1) is 6.42 Å². The Balaban J connectivity index is 0.000000665. The van der Waals surface area contributed by atoms with Crippen molar-refractivity contribution in [3.05, 3.63) is 11.6 Å². The van der Waals surface area contributed by atoms with E-state index in [0.29, 0.717) is 0 Å². The maximum atomic E-state index is 10.2. The van der Waals surface area contributed by atoms with Gasteiger partial charge in [-0.3, -0.25) is 5.43 Å². The van der Waals surface area contributed by atoms with Crippen molar-refractivity contribution >= 4 is 8.03 Å². The first kappa shape index (κ1) is 28.1. The summed E-state index contributed by atoms with van der Waals surface area (Å²) < 4.78 is 24.3. The molecule has 0 saturated carbocycles. The molecule has 0 aromatic carbocycles. The molecule has 1 heterocycles. The Morgan fingerprint density at radius 3 is 2.07 bits per heavy atom. The number of nitrogens with one attached hydrogen (secondary N) is 1. The molecule has 0 saturated heterocycles. The van der Waals surface area contributed by atoms with E-state index < -0.39 is 13.8 Å². The molecule has 0 amide bonds. The molecular formula is C20H43N4O4P. The first-order valence-electron chi connectivity index (χ1n) is 10.8. The van der Waals surface area contributed by atoms with Crippen LogP contribution in [0.1, 0.15) is 77.9 Å². The van der Waals surface area contributed by atoms with Gasteiger partial charge in [0, 0.05) is 41.9 Å². The van der Waals surface area contributed by atoms with Gasteiger partial charge in [0.25, 0.3) is 5.82 Å². The van der Waals surface area contributed by atoms with Crippen LogP contribution in [0.2, 0.25) is 0 Å². The number of aryl methyl sites for hydroxylation is 2. The number of nitrogens with zero attached hydrogens (tertiary/aromatic N) is 3. The summed E-state index contributed by atoms with van der Waals surface area (Å²) in [6, 6.07) is 0. The lowest BCUT2D eigenvalue weighted by Gasteiger charge is -2.27. The fraction of sp³-hybridized carbons (Fsp3) is 0.900. The van der Waals surface area contributed by atoms with E-state index in [4.69, 9.17) is 14.6 Å². The van der Waals surface area contributed by atoms with Crippen LogP contribution < -0.4 is 15.0 Å². The van der Waals surface area contributed by atoms with E-state index in [1.807, 2.05) is 7.05 Å². The molecule has 1 N–H and O–H groups in total. The molecule has 0 spiro atoms. The minimum atomic E-state index is -2.77. The van der Waals surface area contributed by atoms with Gasteiger partial charge in [0.1, 0.15) is 6.54 Å². The summed E-state index contributed by atoms with van der Waals surface area (Å²) in [4.78, 5) is 10.2. The maximum absolute atomic E-state index is 10.2. The summed E-state index contributed by atoms with van der Waals surface area (Å²) in [5, 5.41) is 4.83. The van der Waals surface area contributed by atoms with E-state index in [1.165, 1.54) is 64.4 Å². The van der Waals surface area contributed by atoms with Crippen LogP contribution in [0.5, 0.6) is 0 Å². The monoisotopic (exact) mass is 434 g/mol. The second-order valence-corrected chi connectivity index (χ2v) is 8.36. The van der Waals surface area contributed by atoms with Crippen LogP contribution in [-0.2, 0) is 33.4 Å². The number of hydrogen-bond donors (Lipinski definition) is 1. The summed E-state index contributed by atoms with van der Waals surface area (Å²) in [5.74, 6) is 1.55. The number of rotatable bonds is 14. The molecule has 0 aliphatic heterocycles. The fourth-order valence-electron chi connectivity index (χ4n) is 2.81. The number of aromatic nitrogens is 3. The summed E-state index contributed by atoms with van der Waals surface area (Å²) in [7, 11) is 2.05. The highest BCUT2D eigenvalue weighted by molar-refractivity contribution is 7.36. The SMILES string of the molecule is CCCCc1n[n+](CCCC)c(CCCC)n1NC.COC(C)(C[PH](=O)[O-])OC. The Morgan fingerprint density at radius 2 is 1.66 bits per heavy atom. The molecule has 0 aliphatic rings. The Bertz CT molecular complexity index is 577. The molecule has 29 heavy (non-hydrogen) atoms. The summed E-state index contributed by atoms with van der Waals surface area (Å²) in [6.07, 6.45) is 9.41. The van der Waals surface area contributed by atoms with Crippen LogP contribution in [0.4, 0.5) is 0 Å². The van der Waals surface area contributed by atoms with Crippen molar-refractivity contribution in [2.75, 3.05) is 32.9 Å². The van der Waals surface area contributed by atoms with Gasteiger partial charge in [-0.2, -0.15) is 0 Å². The summed E-state index contributed by atoms with van der Waals surface area (Å²) in [5.41, 5.74) is 3.31. The van der Waals surface area contributed by atoms with Gasteiger partial charge in [-0.25, -0.2) is 0 Å². The minimum absolute atomic E-state index is 0.0787. The quantitative estimate of drug-likeness (QED) is 0.275. The fourth-order valence-corrected chi connectivity index (χ4v) is 3.63. The van der Waals surface area contributed by atoms with Crippen LogP contribution in [0.25, 0.3) is 0 Å². The molecular weight excluding hydrogens is 391 g/mol. The van der Waals surface area contributed by atoms with E-state index in [9.17, 15) is 9.46 Å². The van der Waals surface area contributed by atoms with Crippen molar-refractivity contribution in [2.24, 2.45) is 0 Å². The minimum Gasteiger partial charge on any atom is -0.801 e. The van der Waals surface area contributed by atoms with Crippen LogP contribution >= 0.6 is 8.03 Å². The average Bonchev–Trinajstić information content (AvgIpc) is 3.05. The van der Waals surface area contributed by atoms with Crippen molar-refractivity contribution in [3.63, 3.8) is 0 Å². The molecule has 0 aliphatic carbocycles. The van der Waals surface area contributed by atoms with Gasteiger partial charge in [-0.15, -0.1) is 9.36 Å². The van der Waals surface area contributed by atoms with Crippen LogP contribution in [-0.4, -0.2) is 43.0 Å². The number of methoxy groups -OCH3 is 2. The molecule has 0 bridgehead atoms. The van der Waals surface area contributed by atoms with E-state index in [-0.39, 0.29) is 6.16 Å². The Hall–Kier alpha value is -0.950. The summed E-state index contributed by atoms with van der Waals surface area (Å²) in [6.45, 7) is 9.33. The van der Waals surface area contributed by atoms with E-state index >= 15 is 0 Å². The standard InChI is InChI=1S/C15H31N4.C5H13O4P/c1-5-8-11-14-17-18(13-10-7-3)15(12-9-6-2)19(14)16-4;1-5(8-2,9-3)4-10(6)7/h16H,5-13H2,1-4H3;10H,4H2,1-3H3,(H,6,7)/q+1;/p-1. The van der Waals surface area contributed by atoms with Gasteiger partial charge >= 0.3 is 5.82 Å². The lowest BCUT2D eigenvalue weighted by Crippen LogP contribution is -2.41. The average molecular weight is 435 g/mol. The van der Waals surface area contributed by atoms with Crippen LogP contribution in [0, 0.1) is 0 Å². The lowest BCUT2D eigenvalue weighted by atomic mass is 10.2. The highest BCUT2D eigenvalue weighted by Gasteiger charge is 2.24. The van der Waals surface area contributed by atoms with Crippen molar-refractivity contribution in [1.82, 2.24) is 9.77 Å². The Labute approximate surface area is 177 Å². The second kappa shape index (κ2) is 15.8. The number of unbranched alkanes of at least 4 members (excludes halogenated alkanes) is 3. The number of hydrogen-bond acceptors (Lipinski definition) is 6.